The number of benzene rings is 1. The van der Waals surface area contributed by atoms with Crippen molar-refractivity contribution in [2.45, 2.75) is 15.9 Å². The first-order valence-corrected chi connectivity index (χ1v) is 12.2. The molecule has 2 aromatic rings. The zero-order valence-electron chi connectivity index (χ0n) is 12.9. The van der Waals surface area contributed by atoms with E-state index in [4.69, 9.17) is 0 Å². The fourth-order valence-corrected chi connectivity index (χ4v) is 8.35. The van der Waals surface area contributed by atoms with E-state index in [1.165, 1.54) is 28.6 Å². The number of halogens is 2. The first-order chi connectivity index (χ1) is 11.7. The fraction of sp³-hybridized carbons (Fsp3) is 0.333. The molecule has 1 aliphatic heterocycles. The molecule has 136 valence electrons. The molecule has 1 fully saturated rings. The summed E-state index contributed by atoms with van der Waals surface area (Å²) in [7, 11) is -7.42. The minimum absolute atomic E-state index is 0.0229. The third-order valence-electron chi connectivity index (χ3n) is 4.09. The highest BCUT2D eigenvalue weighted by molar-refractivity contribution is 9.11. The molecule has 0 amide bonds. The molecular formula is C15H15BrFNO4S3. The van der Waals surface area contributed by atoms with Crippen LogP contribution in [0, 0.1) is 5.82 Å². The molecule has 3 rings (SSSR count). The van der Waals surface area contributed by atoms with Crippen LogP contribution in [0.2, 0.25) is 0 Å². The number of hydrogen-bond acceptors (Lipinski definition) is 5. The molecule has 0 radical (unpaired) electrons. The monoisotopic (exact) mass is 467 g/mol. The van der Waals surface area contributed by atoms with Gasteiger partial charge in [-0.25, -0.2) is 21.2 Å². The second kappa shape index (κ2) is 7.07. The third-order valence-corrected chi connectivity index (χ3v) is 10.2. The molecule has 0 saturated carbocycles. The van der Waals surface area contributed by atoms with Gasteiger partial charge < -0.3 is 0 Å². The van der Waals surface area contributed by atoms with Crippen LogP contribution in [-0.4, -0.2) is 40.0 Å². The van der Waals surface area contributed by atoms with Gasteiger partial charge in [-0.05, 0) is 40.5 Å². The zero-order valence-corrected chi connectivity index (χ0v) is 17.0. The van der Waals surface area contributed by atoms with Gasteiger partial charge in [-0.1, -0.05) is 18.2 Å². The quantitative estimate of drug-likeness (QED) is 0.694. The van der Waals surface area contributed by atoms with E-state index in [1.54, 1.807) is 12.1 Å². The Hall–Kier alpha value is -0.810. The van der Waals surface area contributed by atoms with Crippen LogP contribution in [-0.2, 0) is 19.9 Å². The van der Waals surface area contributed by atoms with Crippen molar-refractivity contribution in [3.8, 4) is 0 Å². The molecule has 1 saturated heterocycles. The van der Waals surface area contributed by atoms with E-state index < -0.39 is 30.9 Å². The summed E-state index contributed by atoms with van der Waals surface area (Å²) >= 11 is 4.30. The van der Waals surface area contributed by atoms with Crippen molar-refractivity contribution >= 4 is 47.1 Å². The summed E-state index contributed by atoms with van der Waals surface area (Å²) in [6, 6.07) is 8.85. The molecule has 25 heavy (non-hydrogen) atoms. The van der Waals surface area contributed by atoms with Gasteiger partial charge in [-0.2, -0.15) is 4.31 Å². The molecule has 1 aromatic heterocycles. The summed E-state index contributed by atoms with van der Waals surface area (Å²) in [5, 5.41) is -1.04. The lowest BCUT2D eigenvalue weighted by atomic mass is 10.1. The molecule has 0 bridgehead atoms. The number of sulfone groups is 1. The van der Waals surface area contributed by atoms with Crippen molar-refractivity contribution in [3.63, 3.8) is 0 Å². The number of rotatable bonds is 3. The van der Waals surface area contributed by atoms with Crippen molar-refractivity contribution in [3.05, 3.63) is 51.6 Å². The van der Waals surface area contributed by atoms with Gasteiger partial charge >= 0.3 is 0 Å². The molecule has 0 N–H and O–H groups in total. The summed E-state index contributed by atoms with van der Waals surface area (Å²) < 4.78 is 66.6. The standard InChI is InChI=1S/C15H15BrFNO4S3/c16-14-5-6-15(23-14)25(21,22)18-8-7-13(24(19,20)10-9-18)11-3-1-2-4-12(11)17/h1-6,13H,7-10H2. The van der Waals surface area contributed by atoms with E-state index in [-0.39, 0.29) is 35.0 Å². The second-order valence-corrected chi connectivity index (χ2v) is 12.6. The van der Waals surface area contributed by atoms with Gasteiger partial charge in [0.2, 0.25) is 0 Å². The van der Waals surface area contributed by atoms with Gasteiger partial charge in [0.1, 0.15) is 10.0 Å². The summed E-state index contributed by atoms with van der Waals surface area (Å²) in [6.45, 7) is -0.110. The van der Waals surface area contributed by atoms with Crippen molar-refractivity contribution < 1.29 is 21.2 Å². The Kier molecular flexibility index (Phi) is 5.36. The van der Waals surface area contributed by atoms with Gasteiger partial charge in [0, 0.05) is 18.7 Å². The number of hydrogen-bond donors (Lipinski definition) is 0. The van der Waals surface area contributed by atoms with E-state index in [2.05, 4.69) is 15.9 Å². The third kappa shape index (κ3) is 3.82. The molecular weight excluding hydrogens is 453 g/mol. The minimum atomic E-state index is -3.77. The van der Waals surface area contributed by atoms with Crippen LogP contribution >= 0.6 is 27.3 Å². The van der Waals surface area contributed by atoms with Crippen LogP contribution < -0.4 is 0 Å². The normalized spacial score (nSPS) is 21.8. The molecule has 1 aliphatic rings. The van der Waals surface area contributed by atoms with Gasteiger partial charge in [0.15, 0.2) is 9.84 Å². The molecule has 2 heterocycles. The van der Waals surface area contributed by atoms with Gasteiger partial charge in [0.25, 0.3) is 10.0 Å². The Bertz CT molecular complexity index is 988. The first kappa shape index (κ1) is 19.0. The maximum atomic E-state index is 14.0. The largest absolute Gasteiger partial charge is 0.252 e. The summed E-state index contributed by atoms with van der Waals surface area (Å²) in [5.41, 5.74) is 0.0978. The van der Waals surface area contributed by atoms with Crippen molar-refractivity contribution in [1.82, 2.24) is 4.31 Å². The van der Waals surface area contributed by atoms with Crippen LogP contribution in [0.1, 0.15) is 17.2 Å². The molecule has 1 unspecified atom stereocenters. The van der Waals surface area contributed by atoms with Gasteiger partial charge in [0.05, 0.1) is 14.8 Å². The average Bonchev–Trinajstić information content (AvgIpc) is 2.91. The number of sulfonamides is 1. The molecule has 5 nitrogen and oxygen atoms in total. The first-order valence-electron chi connectivity index (χ1n) is 7.43. The van der Waals surface area contributed by atoms with E-state index in [1.807, 2.05) is 0 Å². The molecule has 1 atom stereocenters. The van der Waals surface area contributed by atoms with Crippen LogP contribution in [0.3, 0.4) is 0 Å². The van der Waals surface area contributed by atoms with Crippen LogP contribution in [0.15, 0.2) is 44.4 Å². The predicted octanol–water partition coefficient (Wildman–Crippen LogP) is 3.20. The van der Waals surface area contributed by atoms with Crippen molar-refractivity contribution in [2.24, 2.45) is 0 Å². The molecule has 10 heteroatoms. The molecule has 0 aliphatic carbocycles. The summed E-state index contributed by atoms with van der Waals surface area (Å²) in [6.07, 6.45) is 0.0229. The highest BCUT2D eigenvalue weighted by atomic mass is 79.9. The Morgan fingerprint density at radius 1 is 1.16 bits per heavy atom. The number of thiophene rings is 1. The highest BCUT2D eigenvalue weighted by Gasteiger charge is 2.37. The lowest BCUT2D eigenvalue weighted by Crippen LogP contribution is -2.33. The second-order valence-electron chi connectivity index (χ2n) is 5.63. The Morgan fingerprint density at radius 2 is 1.88 bits per heavy atom. The lowest BCUT2D eigenvalue weighted by Gasteiger charge is -2.18. The van der Waals surface area contributed by atoms with Crippen molar-refractivity contribution in [1.29, 1.82) is 0 Å². The van der Waals surface area contributed by atoms with E-state index in [0.29, 0.717) is 3.79 Å². The Labute approximate surface area is 158 Å². The van der Waals surface area contributed by atoms with Gasteiger partial charge in [-0.15, -0.1) is 11.3 Å². The Balaban J connectivity index is 1.92. The Morgan fingerprint density at radius 3 is 2.52 bits per heavy atom. The van der Waals surface area contributed by atoms with E-state index in [9.17, 15) is 21.2 Å². The van der Waals surface area contributed by atoms with Crippen LogP contribution in [0.25, 0.3) is 0 Å². The maximum absolute atomic E-state index is 14.0. The summed E-state index contributed by atoms with van der Waals surface area (Å²) in [5.74, 6) is -0.924. The summed E-state index contributed by atoms with van der Waals surface area (Å²) in [4.78, 5) is 0. The van der Waals surface area contributed by atoms with Gasteiger partial charge in [-0.3, -0.25) is 0 Å². The fourth-order valence-electron chi connectivity index (χ4n) is 2.81. The minimum Gasteiger partial charge on any atom is -0.228 e. The van der Waals surface area contributed by atoms with Crippen molar-refractivity contribution in [2.75, 3.05) is 18.8 Å². The topological polar surface area (TPSA) is 71.5 Å². The molecule has 0 spiro atoms. The SMILES string of the molecule is O=S1(=O)CCN(S(=O)(=O)c2ccc(Br)s2)CCC1c1ccccc1F. The highest BCUT2D eigenvalue weighted by Crippen LogP contribution is 2.34. The smallest absolute Gasteiger partial charge is 0.228 e. The van der Waals surface area contributed by atoms with Crippen LogP contribution in [0.5, 0.6) is 0 Å². The van der Waals surface area contributed by atoms with E-state index in [0.717, 1.165) is 11.3 Å². The van der Waals surface area contributed by atoms with Crippen LogP contribution in [0.4, 0.5) is 4.39 Å². The van der Waals surface area contributed by atoms with E-state index >= 15 is 0 Å². The maximum Gasteiger partial charge on any atom is 0.252 e. The average molecular weight is 468 g/mol. The number of nitrogens with zero attached hydrogens (tertiary/aromatic N) is 1. The lowest BCUT2D eigenvalue weighted by molar-refractivity contribution is 0.428. The zero-order chi connectivity index (χ0) is 18.2. The predicted molar refractivity (Wildman–Crippen MR) is 98.3 cm³/mol. The molecule has 1 aromatic carbocycles.